The Bertz CT molecular complexity index is 1030. The number of amides is 1. The standard InChI is InChI=1S/C20H18ClFN2O3.C2H6/c1-12(25)16-10-24(2)11-17(16)23-19(26)8-4-13-3-6-15-14(9-13)5-7-18(27-22)20(15)21;1-2/h3,5-7,9-11H,4,8H2,1-2H3,(H,23,26);1-2H3. The van der Waals surface area contributed by atoms with E-state index in [1.165, 1.54) is 13.0 Å². The number of hydrogen-bond acceptors (Lipinski definition) is 3. The number of carbonyl (C=O) groups excluding carboxylic acids is 2. The van der Waals surface area contributed by atoms with E-state index in [0.29, 0.717) is 23.1 Å². The van der Waals surface area contributed by atoms with Crippen LogP contribution in [0.3, 0.4) is 0 Å². The summed E-state index contributed by atoms with van der Waals surface area (Å²) in [4.78, 5) is 27.6. The number of carbonyl (C=O) groups is 2. The molecule has 3 aromatic rings. The number of Topliss-reactive ketones (excluding diaryl/α,β-unsaturated/α-hetero) is 1. The summed E-state index contributed by atoms with van der Waals surface area (Å²) in [5.41, 5.74) is 1.94. The Hall–Kier alpha value is -2.86. The second-order valence-corrected chi connectivity index (χ2v) is 6.74. The second kappa shape index (κ2) is 10.1. The molecule has 0 saturated heterocycles. The summed E-state index contributed by atoms with van der Waals surface area (Å²) in [6.07, 6.45) is 4.16. The average Bonchev–Trinajstić information content (AvgIpc) is 3.08. The minimum atomic E-state index is -0.178. The Morgan fingerprint density at radius 3 is 2.55 bits per heavy atom. The Morgan fingerprint density at radius 2 is 1.90 bits per heavy atom. The molecule has 0 fully saturated rings. The molecular formula is C22H24ClFN2O3. The fourth-order valence-corrected chi connectivity index (χ4v) is 3.24. The van der Waals surface area contributed by atoms with E-state index in [4.69, 9.17) is 11.6 Å². The summed E-state index contributed by atoms with van der Waals surface area (Å²) in [6.45, 7) is 5.46. The number of aromatic nitrogens is 1. The van der Waals surface area contributed by atoms with E-state index in [2.05, 4.69) is 10.3 Å². The van der Waals surface area contributed by atoms with Gasteiger partial charge in [-0.2, -0.15) is 0 Å². The topological polar surface area (TPSA) is 60.3 Å². The predicted molar refractivity (Wildman–Crippen MR) is 114 cm³/mol. The lowest BCUT2D eigenvalue weighted by Crippen LogP contribution is -2.13. The molecule has 1 aromatic heterocycles. The van der Waals surface area contributed by atoms with Crippen molar-refractivity contribution in [2.24, 2.45) is 7.05 Å². The monoisotopic (exact) mass is 418 g/mol. The van der Waals surface area contributed by atoms with Gasteiger partial charge in [-0.1, -0.05) is 49.7 Å². The van der Waals surface area contributed by atoms with Gasteiger partial charge in [-0.3, -0.25) is 14.5 Å². The molecule has 154 valence electrons. The van der Waals surface area contributed by atoms with Crippen LogP contribution in [-0.4, -0.2) is 16.3 Å². The van der Waals surface area contributed by atoms with Crippen LogP contribution in [-0.2, 0) is 18.3 Å². The molecule has 7 heteroatoms. The highest BCUT2D eigenvalue weighted by Gasteiger charge is 2.13. The van der Waals surface area contributed by atoms with Crippen molar-refractivity contribution in [3.05, 3.63) is 58.9 Å². The highest BCUT2D eigenvalue weighted by atomic mass is 35.5. The number of nitrogens with one attached hydrogen (secondary N) is 1. The fraction of sp³-hybridized carbons (Fsp3) is 0.273. The van der Waals surface area contributed by atoms with Crippen LogP contribution in [0.15, 0.2) is 42.7 Å². The molecule has 1 amide bonds. The van der Waals surface area contributed by atoms with E-state index in [-0.39, 0.29) is 28.9 Å². The lowest BCUT2D eigenvalue weighted by molar-refractivity contribution is -0.116. The molecule has 0 aliphatic rings. The summed E-state index contributed by atoms with van der Waals surface area (Å²) in [6, 6.07) is 8.69. The molecule has 0 radical (unpaired) electrons. The first kappa shape index (κ1) is 22.4. The van der Waals surface area contributed by atoms with E-state index >= 15 is 0 Å². The largest absolute Gasteiger partial charge is 0.354 e. The van der Waals surface area contributed by atoms with Gasteiger partial charge >= 0.3 is 0 Å². The molecule has 5 nitrogen and oxygen atoms in total. The molecular weight excluding hydrogens is 395 g/mol. The fourth-order valence-electron chi connectivity index (χ4n) is 2.97. The van der Waals surface area contributed by atoms with Crippen molar-refractivity contribution < 1.29 is 19.1 Å². The van der Waals surface area contributed by atoms with Gasteiger partial charge in [-0.05, 0) is 30.4 Å². The van der Waals surface area contributed by atoms with E-state index < -0.39 is 0 Å². The van der Waals surface area contributed by atoms with Crippen LogP contribution in [0.1, 0.15) is 43.1 Å². The number of hydrogen-bond donors (Lipinski definition) is 1. The van der Waals surface area contributed by atoms with Crippen LogP contribution in [0.25, 0.3) is 10.8 Å². The molecule has 1 N–H and O–H groups in total. The van der Waals surface area contributed by atoms with Crippen LogP contribution in [0.2, 0.25) is 5.02 Å². The van der Waals surface area contributed by atoms with Crippen molar-refractivity contribution in [1.82, 2.24) is 4.57 Å². The molecule has 0 unspecified atom stereocenters. The van der Waals surface area contributed by atoms with Crippen molar-refractivity contribution >= 4 is 39.8 Å². The molecule has 29 heavy (non-hydrogen) atoms. The molecule has 0 aliphatic carbocycles. The third-order valence-corrected chi connectivity index (χ3v) is 4.71. The first-order valence-corrected chi connectivity index (χ1v) is 9.73. The number of benzene rings is 2. The van der Waals surface area contributed by atoms with E-state index in [9.17, 15) is 14.1 Å². The molecule has 2 aromatic carbocycles. The van der Waals surface area contributed by atoms with Crippen molar-refractivity contribution in [3.63, 3.8) is 0 Å². The predicted octanol–water partition coefficient (Wildman–Crippen LogP) is 5.90. The number of halogens is 2. The maximum absolute atomic E-state index is 12.4. The summed E-state index contributed by atoms with van der Waals surface area (Å²) >= 11 is 6.10. The molecule has 0 bridgehead atoms. The molecule has 0 saturated carbocycles. The number of rotatable bonds is 6. The lowest BCUT2D eigenvalue weighted by Gasteiger charge is -2.08. The molecule has 0 atom stereocenters. The van der Waals surface area contributed by atoms with Gasteiger partial charge in [-0.25, -0.2) is 0 Å². The Balaban J connectivity index is 0.00000145. The maximum Gasteiger partial charge on any atom is 0.224 e. The summed E-state index contributed by atoms with van der Waals surface area (Å²) in [5.74, 6) is -0.308. The van der Waals surface area contributed by atoms with Crippen LogP contribution in [0.5, 0.6) is 5.75 Å². The van der Waals surface area contributed by atoms with Gasteiger partial charge in [0.25, 0.3) is 0 Å². The Labute approximate surface area is 174 Å². The second-order valence-electron chi connectivity index (χ2n) is 6.37. The number of anilines is 1. The summed E-state index contributed by atoms with van der Waals surface area (Å²) in [5, 5.41) is 4.50. The van der Waals surface area contributed by atoms with Crippen LogP contribution in [0.4, 0.5) is 10.2 Å². The van der Waals surface area contributed by atoms with Crippen molar-refractivity contribution in [2.45, 2.75) is 33.6 Å². The molecule has 3 rings (SSSR count). The molecule has 1 heterocycles. The van der Waals surface area contributed by atoms with Crippen molar-refractivity contribution in [3.8, 4) is 5.75 Å². The zero-order valence-electron chi connectivity index (χ0n) is 16.9. The third kappa shape index (κ3) is 5.35. The highest BCUT2D eigenvalue weighted by molar-refractivity contribution is 6.37. The van der Waals surface area contributed by atoms with Gasteiger partial charge < -0.3 is 9.88 Å². The Kier molecular flexibility index (Phi) is 7.79. The number of fused-ring (bicyclic) bond motifs is 1. The minimum Gasteiger partial charge on any atom is -0.354 e. The number of aryl methyl sites for hydroxylation is 2. The smallest absolute Gasteiger partial charge is 0.224 e. The van der Waals surface area contributed by atoms with E-state index in [0.717, 1.165) is 10.9 Å². The van der Waals surface area contributed by atoms with Gasteiger partial charge in [0, 0.05) is 35.8 Å². The summed E-state index contributed by atoms with van der Waals surface area (Å²) < 4.78 is 14.1. The highest BCUT2D eigenvalue weighted by Crippen LogP contribution is 2.33. The third-order valence-electron chi connectivity index (χ3n) is 4.32. The van der Waals surface area contributed by atoms with Gasteiger partial charge in [0.15, 0.2) is 11.5 Å². The number of ketones is 1. The van der Waals surface area contributed by atoms with Crippen molar-refractivity contribution in [2.75, 3.05) is 5.32 Å². The van der Waals surface area contributed by atoms with Crippen LogP contribution >= 0.6 is 11.6 Å². The maximum atomic E-state index is 12.4. The normalized spacial score (nSPS) is 10.3. The Morgan fingerprint density at radius 1 is 1.17 bits per heavy atom. The lowest BCUT2D eigenvalue weighted by atomic mass is 10.0. The van der Waals surface area contributed by atoms with Gasteiger partial charge in [0.05, 0.1) is 16.3 Å². The number of nitrogens with zero attached hydrogens (tertiary/aromatic N) is 1. The van der Waals surface area contributed by atoms with E-state index in [1.807, 2.05) is 26.0 Å². The van der Waals surface area contributed by atoms with Gasteiger partial charge in [-0.15, -0.1) is 0 Å². The zero-order chi connectivity index (χ0) is 21.6. The zero-order valence-corrected chi connectivity index (χ0v) is 17.6. The van der Waals surface area contributed by atoms with Crippen LogP contribution in [0, 0.1) is 0 Å². The SMILES string of the molecule is CC.CC(=O)c1cn(C)cc1NC(=O)CCc1ccc2c(Cl)c(OF)ccc2c1. The minimum absolute atomic E-state index is 0.0274. The van der Waals surface area contributed by atoms with E-state index in [1.54, 1.807) is 36.1 Å². The van der Waals surface area contributed by atoms with Gasteiger partial charge in [0.1, 0.15) is 0 Å². The van der Waals surface area contributed by atoms with Crippen LogP contribution < -0.4 is 10.3 Å². The van der Waals surface area contributed by atoms with Gasteiger partial charge in [0.2, 0.25) is 5.91 Å². The first-order valence-electron chi connectivity index (χ1n) is 9.35. The molecule has 0 aliphatic heterocycles. The quantitative estimate of drug-likeness (QED) is 0.507. The first-order chi connectivity index (χ1) is 13.9. The average molecular weight is 419 g/mol. The van der Waals surface area contributed by atoms with Crippen molar-refractivity contribution in [1.29, 1.82) is 0 Å². The molecule has 0 spiro atoms. The summed E-state index contributed by atoms with van der Waals surface area (Å²) in [7, 11) is 1.79.